The number of likely N-dealkylation sites (tertiary alicyclic amines) is 1. The number of aromatic nitrogens is 2. The smallest absolute Gasteiger partial charge is 0.270 e. The van der Waals surface area contributed by atoms with Crippen LogP contribution < -0.4 is 10.2 Å². The lowest BCUT2D eigenvalue weighted by atomic mass is 9.99. The molecule has 1 fully saturated rings. The zero-order chi connectivity index (χ0) is 22.0. The number of fused-ring (bicyclic) bond motifs is 1. The predicted octanol–water partition coefficient (Wildman–Crippen LogP) is 2.59. The van der Waals surface area contributed by atoms with E-state index in [4.69, 9.17) is 4.98 Å². The number of amides is 1. The van der Waals surface area contributed by atoms with Crippen molar-refractivity contribution in [2.24, 2.45) is 13.0 Å². The van der Waals surface area contributed by atoms with Gasteiger partial charge in [-0.3, -0.25) is 14.9 Å². The molecule has 0 saturated carbocycles. The van der Waals surface area contributed by atoms with Crippen LogP contribution in [0.25, 0.3) is 11.0 Å². The van der Waals surface area contributed by atoms with E-state index in [2.05, 4.69) is 16.8 Å². The molecule has 0 atom stereocenters. The first kappa shape index (κ1) is 21.0. The summed E-state index contributed by atoms with van der Waals surface area (Å²) >= 11 is 0. The van der Waals surface area contributed by atoms with Crippen molar-refractivity contribution in [2.45, 2.75) is 26.2 Å². The van der Waals surface area contributed by atoms with Gasteiger partial charge in [0.15, 0.2) is 0 Å². The van der Waals surface area contributed by atoms with Gasteiger partial charge in [0.25, 0.3) is 11.6 Å². The molecule has 0 radical (unpaired) electrons. The van der Waals surface area contributed by atoms with Crippen molar-refractivity contribution in [3.05, 3.63) is 64.0 Å². The zero-order valence-corrected chi connectivity index (χ0v) is 17.9. The normalized spacial score (nSPS) is 18.8. The fraction of sp³-hybridized carbons (Fsp3) is 0.391. The van der Waals surface area contributed by atoms with Gasteiger partial charge in [-0.15, -0.1) is 0 Å². The number of benzene rings is 2. The number of carbonyl (C=O) groups is 1. The summed E-state index contributed by atoms with van der Waals surface area (Å²) in [5.74, 6) is 1.50. The Kier molecular flexibility index (Phi) is 5.99. The summed E-state index contributed by atoms with van der Waals surface area (Å²) in [6, 6.07) is 11.3. The molecule has 1 amide bonds. The minimum atomic E-state index is -0.509. The molecule has 8 nitrogen and oxygen atoms in total. The third-order valence-electron chi connectivity index (χ3n) is 6.23. The fourth-order valence-corrected chi connectivity index (χ4v) is 4.22. The highest BCUT2D eigenvalue weighted by atomic mass is 16.6. The summed E-state index contributed by atoms with van der Waals surface area (Å²) in [7, 11) is 2.03. The van der Waals surface area contributed by atoms with Gasteiger partial charge in [0.2, 0.25) is 0 Å². The van der Waals surface area contributed by atoms with Crippen LogP contribution in [0.1, 0.15) is 35.9 Å². The molecule has 1 aliphatic rings. The molecule has 3 aromatic rings. The Hall–Kier alpha value is -3.26. The number of nitro groups is 1. The second-order valence-corrected chi connectivity index (χ2v) is 8.48. The first-order valence-corrected chi connectivity index (χ1v) is 10.8. The maximum absolute atomic E-state index is 12.5. The molecule has 8 heteroatoms. The Morgan fingerprint density at radius 1 is 1.26 bits per heavy atom. The van der Waals surface area contributed by atoms with Crippen LogP contribution in [0.4, 0.5) is 11.4 Å². The molecular formula is C23H28N5O3+. The monoisotopic (exact) mass is 422 g/mol. The molecule has 4 rings (SSSR count). The molecule has 162 valence electrons. The number of anilines is 1. The van der Waals surface area contributed by atoms with Crippen molar-refractivity contribution >= 4 is 28.3 Å². The van der Waals surface area contributed by atoms with Gasteiger partial charge in [-0.05, 0) is 43.0 Å². The molecule has 1 aromatic heterocycles. The van der Waals surface area contributed by atoms with E-state index in [9.17, 15) is 14.9 Å². The van der Waals surface area contributed by atoms with E-state index in [1.54, 1.807) is 11.0 Å². The summed E-state index contributed by atoms with van der Waals surface area (Å²) in [6.07, 6.45) is 3.52. The number of piperidine rings is 1. The first-order valence-electron chi connectivity index (χ1n) is 10.8. The molecular weight excluding hydrogens is 394 g/mol. The van der Waals surface area contributed by atoms with E-state index in [1.807, 2.05) is 25.2 Å². The molecule has 2 aromatic carbocycles. The minimum absolute atomic E-state index is 0.109. The lowest BCUT2D eigenvalue weighted by molar-refractivity contribution is -0.906. The standard InChI is InChI=1S/C23H27N5O3/c1-16-8-11-27(12-9-16)13-10-22-25-20-15-18(6-7-21(20)26(22)2)24-23(29)17-4-3-5-19(14-17)28(30)31/h3-7,14-16H,8-13H2,1-2H3,(H,24,29)/p+1. The van der Waals surface area contributed by atoms with Gasteiger partial charge >= 0.3 is 0 Å². The molecule has 2 N–H and O–H groups in total. The fourth-order valence-electron chi connectivity index (χ4n) is 4.22. The molecule has 0 unspecified atom stereocenters. The Morgan fingerprint density at radius 2 is 2.03 bits per heavy atom. The van der Waals surface area contributed by atoms with E-state index in [1.165, 1.54) is 44.1 Å². The first-order chi connectivity index (χ1) is 14.9. The predicted molar refractivity (Wildman–Crippen MR) is 119 cm³/mol. The van der Waals surface area contributed by atoms with E-state index in [0.717, 1.165) is 35.7 Å². The van der Waals surface area contributed by atoms with Gasteiger partial charge in [-0.25, -0.2) is 4.98 Å². The van der Waals surface area contributed by atoms with Crippen LogP contribution in [0.3, 0.4) is 0 Å². The van der Waals surface area contributed by atoms with Crippen molar-refractivity contribution in [1.29, 1.82) is 0 Å². The molecule has 31 heavy (non-hydrogen) atoms. The van der Waals surface area contributed by atoms with Crippen LogP contribution in [-0.4, -0.2) is 40.0 Å². The molecule has 0 bridgehead atoms. The molecule has 1 aliphatic heterocycles. The van der Waals surface area contributed by atoms with Crippen molar-refractivity contribution in [1.82, 2.24) is 9.55 Å². The number of quaternary nitrogens is 1. The van der Waals surface area contributed by atoms with Gasteiger partial charge < -0.3 is 14.8 Å². The lowest BCUT2D eigenvalue weighted by Gasteiger charge is -2.27. The van der Waals surface area contributed by atoms with Crippen molar-refractivity contribution in [2.75, 3.05) is 25.0 Å². The molecule has 0 spiro atoms. The second-order valence-electron chi connectivity index (χ2n) is 8.48. The maximum atomic E-state index is 12.5. The highest BCUT2D eigenvalue weighted by Gasteiger charge is 2.20. The Morgan fingerprint density at radius 3 is 2.77 bits per heavy atom. The number of nitro benzene ring substituents is 1. The van der Waals surface area contributed by atoms with E-state index >= 15 is 0 Å². The number of imidazole rings is 1. The molecule has 2 heterocycles. The Bertz CT molecular complexity index is 1120. The third-order valence-corrected chi connectivity index (χ3v) is 6.23. The quantitative estimate of drug-likeness (QED) is 0.472. The maximum Gasteiger partial charge on any atom is 0.270 e. The summed E-state index contributed by atoms with van der Waals surface area (Å²) in [5.41, 5.74) is 2.60. The van der Waals surface area contributed by atoms with E-state index < -0.39 is 4.92 Å². The number of nitrogens with zero attached hydrogens (tertiary/aromatic N) is 3. The summed E-state index contributed by atoms with van der Waals surface area (Å²) in [6.45, 7) is 5.88. The molecule has 0 aliphatic carbocycles. The van der Waals surface area contributed by atoms with Gasteiger partial charge in [0, 0.05) is 30.4 Å². The summed E-state index contributed by atoms with van der Waals surface area (Å²) < 4.78 is 2.12. The lowest BCUT2D eigenvalue weighted by Crippen LogP contribution is -3.13. The topological polar surface area (TPSA) is 94.5 Å². The highest BCUT2D eigenvalue weighted by Crippen LogP contribution is 2.21. The third kappa shape index (κ3) is 4.74. The van der Waals surface area contributed by atoms with Crippen molar-refractivity contribution in [3.63, 3.8) is 0 Å². The highest BCUT2D eigenvalue weighted by molar-refractivity contribution is 6.05. The average Bonchev–Trinajstić information content (AvgIpc) is 3.08. The van der Waals surface area contributed by atoms with Gasteiger partial charge in [-0.2, -0.15) is 0 Å². The minimum Gasteiger partial charge on any atom is -0.335 e. The number of non-ortho nitro benzene ring substituents is 1. The number of hydrogen-bond donors (Lipinski definition) is 2. The van der Waals surface area contributed by atoms with Crippen LogP contribution in [0, 0.1) is 16.0 Å². The van der Waals surface area contributed by atoms with Crippen LogP contribution in [-0.2, 0) is 13.5 Å². The van der Waals surface area contributed by atoms with Gasteiger partial charge in [-0.1, -0.05) is 13.0 Å². The number of hydrogen-bond acceptors (Lipinski definition) is 4. The summed E-state index contributed by atoms with van der Waals surface area (Å²) in [5, 5.41) is 13.8. The SMILES string of the molecule is CC1CC[NH+](CCc2nc3cc(NC(=O)c4cccc([N+](=O)[O-])c4)ccc3n2C)CC1. The average molecular weight is 423 g/mol. The Labute approximate surface area is 181 Å². The van der Waals surface area contributed by atoms with Crippen LogP contribution in [0.5, 0.6) is 0 Å². The summed E-state index contributed by atoms with van der Waals surface area (Å²) in [4.78, 5) is 29.4. The second kappa shape index (κ2) is 8.85. The number of nitrogens with one attached hydrogen (secondary N) is 2. The molecule has 1 saturated heterocycles. The Balaban J connectivity index is 1.46. The van der Waals surface area contributed by atoms with Crippen molar-refractivity contribution in [3.8, 4) is 0 Å². The number of aryl methyl sites for hydroxylation is 1. The van der Waals surface area contributed by atoms with Crippen LogP contribution in [0.2, 0.25) is 0 Å². The largest absolute Gasteiger partial charge is 0.335 e. The van der Waals surface area contributed by atoms with Crippen molar-refractivity contribution < 1.29 is 14.6 Å². The van der Waals surface area contributed by atoms with Gasteiger partial charge in [0.1, 0.15) is 5.82 Å². The van der Waals surface area contributed by atoms with Crippen LogP contribution in [0.15, 0.2) is 42.5 Å². The number of carbonyl (C=O) groups excluding carboxylic acids is 1. The van der Waals surface area contributed by atoms with E-state index in [-0.39, 0.29) is 17.2 Å². The number of rotatable bonds is 6. The zero-order valence-electron chi connectivity index (χ0n) is 17.9. The van der Waals surface area contributed by atoms with Crippen LogP contribution >= 0.6 is 0 Å². The van der Waals surface area contributed by atoms with Gasteiger partial charge in [0.05, 0.1) is 42.0 Å². The van der Waals surface area contributed by atoms with E-state index in [0.29, 0.717) is 5.69 Å².